The van der Waals surface area contributed by atoms with Crippen LogP contribution in [0.5, 0.6) is 23.0 Å². The van der Waals surface area contributed by atoms with E-state index in [-0.39, 0.29) is 0 Å². The summed E-state index contributed by atoms with van der Waals surface area (Å²) in [6, 6.07) is 18.3. The molecule has 0 N–H and O–H groups in total. The molecule has 3 aromatic carbocycles. The SMILES string of the molecule is CN1c2cccc3c2N2c4c(cccc4Oc4cccc1c42)O3. The van der Waals surface area contributed by atoms with Gasteiger partial charge >= 0.3 is 0 Å². The summed E-state index contributed by atoms with van der Waals surface area (Å²) >= 11 is 0. The van der Waals surface area contributed by atoms with Crippen LogP contribution in [0.3, 0.4) is 0 Å². The van der Waals surface area contributed by atoms with Crippen LogP contribution in [0, 0.1) is 0 Å². The van der Waals surface area contributed by atoms with Gasteiger partial charge in [0.2, 0.25) is 0 Å². The van der Waals surface area contributed by atoms with Gasteiger partial charge in [-0.05, 0) is 36.4 Å². The lowest BCUT2D eigenvalue weighted by Gasteiger charge is -2.44. The van der Waals surface area contributed by atoms with Gasteiger partial charge in [0.1, 0.15) is 17.1 Å². The Kier molecular flexibility index (Phi) is 1.79. The van der Waals surface area contributed by atoms with Crippen LogP contribution in [-0.4, -0.2) is 7.05 Å². The Morgan fingerprint density at radius 2 is 1.04 bits per heavy atom. The molecule has 4 heteroatoms. The van der Waals surface area contributed by atoms with Gasteiger partial charge in [-0.15, -0.1) is 0 Å². The van der Waals surface area contributed by atoms with Crippen molar-refractivity contribution < 1.29 is 9.47 Å². The van der Waals surface area contributed by atoms with Crippen LogP contribution < -0.4 is 19.3 Å². The molecule has 6 rings (SSSR count). The molecule has 110 valence electrons. The highest BCUT2D eigenvalue weighted by atomic mass is 16.5. The smallest absolute Gasteiger partial charge is 0.155 e. The first kappa shape index (κ1) is 11.4. The minimum absolute atomic E-state index is 0.831. The maximum absolute atomic E-state index is 6.15. The summed E-state index contributed by atoms with van der Waals surface area (Å²) in [5.41, 5.74) is 5.42. The van der Waals surface area contributed by atoms with E-state index in [2.05, 4.69) is 29.0 Å². The largest absolute Gasteiger partial charge is 0.453 e. The third kappa shape index (κ3) is 1.20. The summed E-state index contributed by atoms with van der Waals surface area (Å²) in [7, 11) is 2.08. The van der Waals surface area contributed by atoms with Crippen molar-refractivity contribution in [1.82, 2.24) is 0 Å². The molecule has 0 aliphatic carbocycles. The van der Waals surface area contributed by atoms with Gasteiger partial charge in [-0.2, -0.15) is 0 Å². The minimum Gasteiger partial charge on any atom is -0.453 e. The molecule has 0 aromatic heterocycles. The van der Waals surface area contributed by atoms with Gasteiger partial charge in [-0.3, -0.25) is 4.90 Å². The van der Waals surface area contributed by atoms with E-state index < -0.39 is 0 Å². The van der Waals surface area contributed by atoms with Crippen LogP contribution in [-0.2, 0) is 0 Å². The summed E-state index contributed by atoms with van der Waals surface area (Å²) in [6.45, 7) is 0. The van der Waals surface area contributed by atoms with Gasteiger partial charge in [0, 0.05) is 7.05 Å². The summed E-state index contributed by atoms with van der Waals surface area (Å²) in [6.07, 6.45) is 0. The third-order valence-electron chi connectivity index (χ3n) is 4.75. The summed E-state index contributed by atoms with van der Waals surface area (Å²) in [4.78, 5) is 4.48. The molecule has 3 aromatic rings. The second kappa shape index (κ2) is 3.60. The fourth-order valence-corrected chi connectivity index (χ4v) is 3.77. The van der Waals surface area contributed by atoms with Gasteiger partial charge in [0.25, 0.3) is 0 Å². The number of hydrogen-bond donors (Lipinski definition) is 0. The lowest BCUT2D eigenvalue weighted by molar-refractivity contribution is 0.445. The molecule has 0 atom stereocenters. The van der Waals surface area contributed by atoms with Gasteiger partial charge in [0.05, 0.1) is 11.4 Å². The molecule has 3 aliphatic rings. The predicted octanol–water partition coefficient (Wildman–Crippen LogP) is 5.45. The van der Waals surface area contributed by atoms with E-state index in [1.54, 1.807) is 0 Å². The molecule has 23 heavy (non-hydrogen) atoms. The van der Waals surface area contributed by atoms with E-state index in [1.165, 1.54) is 0 Å². The maximum atomic E-state index is 6.15. The number of rotatable bonds is 0. The van der Waals surface area contributed by atoms with Crippen molar-refractivity contribution >= 4 is 28.4 Å². The zero-order valence-corrected chi connectivity index (χ0v) is 12.4. The second-order valence-corrected chi connectivity index (χ2v) is 5.95. The first-order valence-electron chi connectivity index (χ1n) is 7.61. The van der Waals surface area contributed by atoms with Gasteiger partial charge < -0.3 is 14.4 Å². The van der Waals surface area contributed by atoms with E-state index in [4.69, 9.17) is 9.47 Å². The third-order valence-corrected chi connectivity index (χ3v) is 4.75. The van der Waals surface area contributed by atoms with Crippen LogP contribution >= 0.6 is 0 Å². The number of ether oxygens (including phenoxy) is 2. The highest BCUT2D eigenvalue weighted by Crippen LogP contribution is 2.66. The lowest BCUT2D eigenvalue weighted by atomic mass is 10.0. The first-order valence-corrected chi connectivity index (χ1v) is 7.61. The lowest BCUT2D eigenvalue weighted by Crippen LogP contribution is -2.28. The van der Waals surface area contributed by atoms with Crippen molar-refractivity contribution in [3.8, 4) is 23.0 Å². The standard InChI is InChI=1S/C19H12N2O2/c1-20-11-5-2-7-13-17(11)21-18-12(20)6-3-8-14(18)23-16-10-4-9-15(22-13)19(16)21/h2-10H,1H3. The second-order valence-electron chi connectivity index (χ2n) is 5.95. The maximum Gasteiger partial charge on any atom is 0.155 e. The molecule has 0 bridgehead atoms. The number of anilines is 5. The van der Waals surface area contributed by atoms with Crippen LogP contribution in [0.2, 0.25) is 0 Å². The Hall–Kier alpha value is -3.14. The van der Waals surface area contributed by atoms with Crippen LogP contribution in [0.25, 0.3) is 0 Å². The highest BCUT2D eigenvalue weighted by molar-refractivity contribution is 6.06. The van der Waals surface area contributed by atoms with Crippen LogP contribution in [0.1, 0.15) is 0 Å². The van der Waals surface area contributed by atoms with Crippen molar-refractivity contribution in [2.45, 2.75) is 0 Å². The van der Waals surface area contributed by atoms with Gasteiger partial charge in [0.15, 0.2) is 23.0 Å². The average Bonchev–Trinajstić information content (AvgIpc) is 2.59. The quantitative estimate of drug-likeness (QED) is 0.380. The molecule has 4 nitrogen and oxygen atoms in total. The highest BCUT2D eigenvalue weighted by Gasteiger charge is 2.41. The topological polar surface area (TPSA) is 24.9 Å². The number of nitrogens with zero attached hydrogens (tertiary/aromatic N) is 2. The van der Waals surface area contributed by atoms with E-state index in [0.29, 0.717) is 0 Å². The fraction of sp³-hybridized carbons (Fsp3) is 0.0526. The van der Waals surface area contributed by atoms with Crippen molar-refractivity contribution in [3.63, 3.8) is 0 Å². The molecule has 0 spiro atoms. The van der Waals surface area contributed by atoms with Crippen molar-refractivity contribution in [2.24, 2.45) is 0 Å². The minimum atomic E-state index is 0.831. The molecule has 0 radical (unpaired) electrons. The Labute approximate surface area is 133 Å². The normalized spacial score (nSPS) is 14.8. The molecule has 0 amide bonds. The van der Waals surface area contributed by atoms with Gasteiger partial charge in [-0.1, -0.05) is 18.2 Å². The van der Waals surface area contributed by atoms with Crippen molar-refractivity contribution in [1.29, 1.82) is 0 Å². The zero-order valence-electron chi connectivity index (χ0n) is 12.4. The number of hydrogen-bond acceptors (Lipinski definition) is 4. The Balaban J connectivity index is 1.81. The van der Waals surface area contributed by atoms with E-state index in [0.717, 1.165) is 51.4 Å². The molecule has 0 saturated heterocycles. The number of para-hydroxylation sites is 3. The summed E-state index contributed by atoms with van der Waals surface area (Å²) < 4.78 is 12.3. The Morgan fingerprint density at radius 1 is 0.609 bits per heavy atom. The molecular formula is C19H12N2O2. The molecule has 3 aliphatic heterocycles. The van der Waals surface area contributed by atoms with E-state index in [1.807, 2.05) is 42.5 Å². The molecular weight excluding hydrogens is 288 g/mol. The molecule has 0 saturated carbocycles. The Bertz CT molecular complexity index is 936. The van der Waals surface area contributed by atoms with Crippen LogP contribution in [0.4, 0.5) is 28.4 Å². The van der Waals surface area contributed by atoms with Crippen molar-refractivity contribution in [3.05, 3.63) is 54.6 Å². The number of benzene rings is 3. The van der Waals surface area contributed by atoms with E-state index >= 15 is 0 Å². The molecule has 3 heterocycles. The fourth-order valence-electron chi connectivity index (χ4n) is 3.77. The van der Waals surface area contributed by atoms with E-state index in [9.17, 15) is 0 Å². The van der Waals surface area contributed by atoms with Crippen molar-refractivity contribution in [2.75, 3.05) is 16.8 Å². The van der Waals surface area contributed by atoms with Gasteiger partial charge in [-0.25, -0.2) is 0 Å². The molecule has 0 unspecified atom stereocenters. The average molecular weight is 300 g/mol. The predicted molar refractivity (Wildman–Crippen MR) is 89.3 cm³/mol. The monoisotopic (exact) mass is 300 g/mol. The molecule has 0 fully saturated rings. The first-order chi connectivity index (χ1) is 11.3. The summed E-state index contributed by atoms with van der Waals surface area (Å²) in [5, 5.41) is 0. The zero-order chi connectivity index (χ0) is 15.1. The van der Waals surface area contributed by atoms with Crippen LogP contribution in [0.15, 0.2) is 54.6 Å². The Morgan fingerprint density at radius 3 is 1.57 bits per heavy atom. The summed E-state index contributed by atoms with van der Waals surface area (Å²) in [5.74, 6) is 3.41.